The summed E-state index contributed by atoms with van der Waals surface area (Å²) in [6.07, 6.45) is 0.641. The van der Waals surface area contributed by atoms with Crippen LogP contribution in [-0.4, -0.2) is 46.6 Å². The van der Waals surface area contributed by atoms with Crippen LogP contribution in [0.2, 0.25) is 0 Å². The van der Waals surface area contributed by atoms with Crippen LogP contribution in [0, 0.1) is 18.8 Å². The molecule has 0 saturated heterocycles. The van der Waals surface area contributed by atoms with E-state index in [1.807, 2.05) is 6.92 Å². The summed E-state index contributed by atoms with van der Waals surface area (Å²) in [6.45, 7) is 3.00. The largest absolute Gasteiger partial charge is 0.385 e. The summed E-state index contributed by atoms with van der Waals surface area (Å²) in [7, 11) is -0.410. The van der Waals surface area contributed by atoms with Gasteiger partial charge in [0.25, 0.3) is 0 Å². The van der Waals surface area contributed by atoms with Gasteiger partial charge in [-0.05, 0) is 31.0 Å². The first-order valence-electron chi connectivity index (χ1n) is 6.68. The Kier molecular flexibility index (Phi) is 6.85. The van der Waals surface area contributed by atoms with E-state index in [-0.39, 0.29) is 11.4 Å². The van der Waals surface area contributed by atoms with Crippen molar-refractivity contribution >= 4 is 10.0 Å². The van der Waals surface area contributed by atoms with Gasteiger partial charge in [0.05, 0.1) is 11.4 Å². The van der Waals surface area contributed by atoms with Gasteiger partial charge < -0.3 is 10.5 Å². The first kappa shape index (κ1) is 17.7. The number of nitrogens with two attached hydrogens (primary N) is 1. The summed E-state index contributed by atoms with van der Waals surface area (Å²) < 4.78 is 31.5. The first-order valence-corrected chi connectivity index (χ1v) is 8.12. The lowest BCUT2D eigenvalue weighted by atomic mass is 10.1. The van der Waals surface area contributed by atoms with Crippen molar-refractivity contribution in [2.75, 3.05) is 33.9 Å². The maximum atomic E-state index is 12.6. The molecule has 0 aliphatic carbocycles. The molecule has 0 aliphatic rings. The third-order valence-corrected chi connectivity index (χ3v) is 4.88. The molecular weight excluding hydrogens is 288 g/mol. The van der Waals surface area contributed by atoms with Crippen LogP contribution in [-0.2, 0) is 14.8 Å². The summed E-state index contributed by atoms with van der Waals surface area (Å²) in [5.41, 5.74) is 6.81. The lowest BCUT2D eigenvalue weighted by Gasteiger charge is -2.18. The van der Waals surface area contributed by atoms with E-state index < -0.39 is 10.0 Å². The third kappa shape index (κ3) is 4.83. The Balaban J connectivity index is 3.12. The predicted octanol–water partition coefficient (Wildman–Crippen LogP) is 0.962. The fraction of sp³-hybridized carbons (Fsp3) is 0.467. The molecule has 5 nitrogen and oxygen atoms in total. The van der Waals surface area contributed by atoms with Crippen LogP contribution in [0.1, 0.15) is 17.5 Å². The molecule has 0 fully saturated rings. The minimum absolute atomic E-state index is 0.192. The Bertz CT molecular complexity index is 630. The maximum Gasteiger partial charge on any atom is 0.244 e. The van der Waals surface area contributed by atoms with Crippen LogP contribution < -0.4 is 5.73 Å². The van der Waals surface area contributed by atoms with Crippen molar-refractivity contribution in [2.45, 2.75) is 18.2 Å². The van der Waals surface area contributed by atoms with E-state index in [1.54, 1.807) is 32.4 Å². The number of ether oxygens (including phenoxy) is 1. The molecule has 6 heteroatoms. The summed E-state index contributed by atoms with van der Waals surface area (Å²) in [5.74, 6) is 5.55. The highest BCUT2D eigenvalue weighted by atomic mass is 32.2. The van der Waals surface area contributed by atoms with Gasteiger partial charge in [0, 0.05) is 32.9 Å². The standard InChI is InChI=1S/C15H22N2O3S/c1-13-7-8-15(14(12-13)6-4-9-16)21(18,19)17(2)10-5-11-20-3/h7-8,12H,5,9-11,16H2,1-3H3. The molecule has 21 heavy (non-hydrogen) atoms. The van der Waals surface area contributed by atoms with Crippen molar-refractivity contribution in [1.29, 1.82) is 0 Å². The molecular formula is C15H22N2O3S. The molecule has 1 aromatic rings. The second-order valence-corrected chi connectivity index (χ2v) is 6.69. The topological polar surface area (TPSA) is 72.6 Å². The zero-order chi connectivity index (χ0) is 15.9. The number of hydrogen-bond donors (Lipinski definition) is 1. The number of benzene rings is 1. The Morgan fingerprint density at radius 2 is 2.10 bits per heavy atom. The normalized spacial score (nSPS) is 11.3. The van der Waals surface area contributed by atoms with E-state index in [2.05, 4.69) is 11.8 Å². The number of nitrogens with zero attached hydrogens (tertiary/aromatic N) is 1. The number of rotatable bonds is 6. The van der Waals surface area contributed by atoms with Crippen LogP contribution >= 0.6 is 0 Å². The van der Waals surface area contributed by atoms with Crippen molar-refractivity contribution in [2.24, 2.45) is 5.73 Å². The Hall–Kier alpha value is -1.39. The van der Waals surface area contributed by atoms with Crippen LogP contribution in [0.3, 0.4) is 0 Å². The molecule has 0 aliphatic heterocycles. The molecule has 0 saturated carbocycles. The van der Waals surface area contributed by atoms with Gasteiger partial charge in [-0.3, -0.25) is 0 Å². The molecule has 0 atom stereocenters. The van der Waals surface area contributed by atoms with Crippen molar-refractivity contribution in [3.8, 4) is 11.8 Å². The highest BCUT2D eigenvalue weighted by Crippen LogP contribution is 2.20. The first-order chi connectivity index (χ1) is 9.93. The summed E-state index contributed by atoms with van der Waals surface area (Å²) in [5, 5.41) is 0. The molecule has 2 N–H and O–H groups in total. The minimum Gasteiger partial charge on any atom is -0.385 e. The van der Waals surface area contributed by atoms with Crippen LogP contribution in [0.15, 0.2) is 23.1 Å². The molecule has 0 heterocycles. The van der Waals surface area contributed by atoms with E-state index in [4.69, 9.17) is 10.5 Å². The third-order valence-electron chi connectivity index (χ3n) is 2.97. The average molecular weight is 310 g/mol. The van der Waals surface area contributed by atoms with Crippen LogP contribution in [0.25, 0.3) is 0 Å². The Labute approximate surface area is 127 Å². The zero-order valence-corrected chi connectivity index (χ0v) is 13.5. The number of aryl methyl sites for hydroxylation is 1. The average Bonchev–Trinajstić information content (AvgIpc) is 2.45. The van der Waals surface area contributed by atoms with Gasteiger partial charge in [-0.25, -0.2) is 12.7 Å². The molecule has 1 aromatic carbocycles. The summed E-state index contributed by atoms with van der Waals surface area (Å²) in [6, 6.07) is 5.13. The smallest absolute Gasteiger partial charge is 0.244 e. The predicted molar refractivity (Wildman–Crippen MR) is 83.4 cm³/mol. The molecule has 0 radical (unpaired) electrons. The van der Waals surface area contributed by atoms with Gasteiger partial charge in [0.1, 0.15) is 0 Å². The number of hydrogen-bond acceptors (Lipinski definition) is 4. The van der Waals surface area contributed by atoms with E-state index in [0.29, 0.717) is 25.1 Å². The molecule has 0 bridgehead atoms. The SMILES string of the molecule is COCCCN(C)S(=O)(=O)c1ccc(C)cc1C#CCN. The summed E-state index contributed by atoms with van der Waals surface area (Å²) in [4.78, 5) is 0.217. The van der Waals surface area contributed by atoms with Gasteiger partial charge in [-0.1, -0.05) is 17.9 Å². The number of methoxy groups -OCH3 is 1. The van der Waals surface area contributed by atoms with E-state index in [0.717, 1.165) is 5.56 Å². The molecule has 116 valence electrons. The highest BCUT2D eigenvalue weighted by molar-refractivity contribution is 7.89. The van der Waals surface area contributed by atoms with Crippen molar-refractivity contribution in [3.05, 3.63) is 29.3 Å². The van der Waals surface area contributed by atoms with Gasteiger partial charge in [0.2, 0.25) is 10.0 Å². The fourth-order valence-corrected chi connectivity index (χ4v) is 3.17. The van der Waals surface area contributed by atoms with E-state index >= 15 is 0 Å². The van der Waals surface area contributed by atoms with Crippen LogP contribution in [0.4, 0.5) is 0 Å². The Morgan fingerprint density at radius 3 is 2.71 bits per heavy atom. The molecule has 0 unspecified atom stereocenters. The molecule has 0 spiro atoms. The van der Waals surface area contributed by atoms with E-state index in [9.17, 15) is 8.42 Å². The van der Waals surface area contributed by atoms with Crippen molar-refractivity contribution < 1.29 is 13.2 Å². The zero-order valence-electron chi connectivity index (χ0n) is 12.7. The molecule has 0 amide bonds. The van der Waals surface area contributed by atoms with E-state index in [1.165, 1.54) is 4.31 Å². The van der Waals surface area contributed by atoms with Gasteiger partial charge in [-0.15, -0.1) is 0 Å². The molecule has 1 rings (SSSR count). The quantitative estimate of drug-likeness (QED) is 0.627. The second kappa shape index (κ2) is 8.15. The monoisotopic (exact) mass is 310 g/mol. The Morgan fingerprint density at radius 1 is 1.38 bits per heavy atom. The summed E-state index contributed by atoms with van der Waals surface area (Å²) >= 11 is 0. The maximum absolute atomic E-state index is 12.6. The van der Waals surface area contributed by atoms with Gasteiger partial charge in [-0.2, -0.15) is 0 Å². The lowest BCUT2D eigenvalue weighted by molar-refractivity contribution is 0.189. The molecule has 0 aromatic heterocycles. The van der Waals surface area contributed by atoms with Crippen LogP contribution in [0.5, 0.6) is 0 Å². The highest BCUT2D eigenvalue weighted by Gasteiger charge is 2.23. The van der Waals surface area contributed by atoms with Gasteiger partial charge in [0.15, 0.2) is 0 Å². The fourth-order valence-electron chi connectivity index (χ4n) is 1.83. The number of sulfonamides is 1. The van der Waals surface area contributed by atoms with Gasteiger partial charge >= 0.3 is 0 Å². The second-order valence-electron chi connectivity index (χ2n) is 4.68. The lowest BCUT2D eigenvalue weighted by Crippen LogP contribution is -2.29. The van der Waals surface area contributed by atoms with Crippen molar-refractivity contribution in [3.63, 3.8) is 0 Å². The van der Waals surface area contributed by atoms with Crippen molar-refractivity contribution in [1.82, 2.24) is 4.31 Å². The minimum atomic E-state index is -3.56.